The number of urea groups is 1. The van der Waals surface area contributed by atoms with Crippen LogP contribution in [0.4, 0.5) is 14.9 Å². The second-order valence-corrected chi connectivity index (χ2v) is 9.04. The number of nitrogens with zero attached hydrogens (tertiary/aromatic N) is 2. The molecule has 0 atom stereocenters. The van der Waals surface area contributed by atoms with Gasteiger partial charge in [-0.25, -0.2) is 14.2 Å². The van der Waals surface area contributed by atoms with Crippen LogP contribution in [0.2, 0.25) is 0 Å². The summed E-state index contributed by atoms with van der Waals surface area (Å²) < 4.78 is 13.4. The number of hydrogen-bond acceptors (Lipinski definition) is 5. The molecule has 2 aliphatic rings. The third kappa shape index (κ3) is 6.11. The zero-order valence-electron chi connectivity index (χ0n) is 18.5. The third-order valence-electron chi connectivity index (χ3n) is 5.54. The second kappa shape index (κ2) is 11.1. The minimum Gasteiger partial charge on any atom is -0.335 e. The van der Waals surface area contributed by atoms with Crippen molar-refractivity contribution in [1.82, 2.24) is 10.6 Å². The number of amides is 4. The molecule has 2 N–H and O–H groups in total. The molecule has 4 amide bonds. The van der Waals surface area contributed by atoms with E-state index in [1.165, 1.54) is 35.6 Å². The molecule has 9 heteroatoms. The monoisotopic (exact) mass is 480 g/mol. The van der Waals surface area contributed by atoms with Crippen molar-refractivity contribution in [1.29, 1.82) is 0 Å². The summed E-state index contributed by atoms with van der Waals surface area (Å²) in [6.07, 6.45) is 6.80. The Hall–Kier alpha value is -3.46. The number of nitrogens with one attached hydrogen (secondary N) is 2. The maximum Gasteiger partial charge on any atom is 0.321 e. The maximum atomic E-state index is 13.4. The van der Waals surface area contributed by atoms with Gasteiger partial charge in [-0.2, -0.15) is 0 Å². The maximum absolute atomic E-state index is 13.4. The third-order valence-corrected chi connectivity index (χ3v) is 6.48. The molecule has 0 bridgehead atoms. The number of carbonyl (C=O) groups excluding carboxylic acids is 3. The van der Waals surface area contributed by atoms with Crippen molar-refractivity contribution in [3.8, 4) is 0 Å². The first-order chi connectivity index (χ1) is 16.5. The number of carbonyl (C=O) groups is 3. The van der Waals surface area contributed by atoms with Gasteiger partial charge >= 0.3 is 6.03 Å². The first-order valence-electron chi connectivity index (χ1n) is 11.2. The Balaban J connectivity index is 1.45. The molecule has 0 saturated heterocycles. The van der Waals surface area contributed by atoms with Gasteiger partial charge in [0.1, 0.15) is 11.5 Å². The van der Waals surface area contributed by atoms with Crippen molar-refractivity contribution in [3.63, 3.8) is 0 Å². The van der Waals surface area contributed by atoms with Crippen LogP contribution < -0.4 is 15.5 Å². The molecule has 0 spiro atoms. The van der Waals surface area contributed by atoms with Gasteiger partial charge in [-0.3, -0.25) is 19.8 Å². The average molecular weight is 481 g/mol. The van der Waals surface area contributed by atoms with Crippen LogP contribution in [0.5, 0.6) is 0 Å². The Morgan fingerprint density at radius 1 is 1.06 bits per heavy atom. The van der Waals surface area contributed by atoms with Crippen LogP contribution in [0.25, 0.3) is 6.08 Å². The first kappa shape index (κ1) is 23.7. The highest BCUT2D eigenvalue weighted by atomic mass is 32.2. The molecule has 1 aliphatic carbocycles. The van der Waals surface area contributed by atoms with Gasteiger partial charge in [-0.1, -0.05) is 61.4 Å². The number of benzene rings is 2. The molecule has 7 nitrogen and oxygen atoms in total. The van der Waals surface area contributed by atoms with Gasteiger partial charge in [0, 0.05) is 6.04 Å². The van der Waals surface area contributed by atoms with Crippen molar-refractivity contribution in [3.05, 3.63) is 71.7 Å². The Morgan fingerprint density at radius 2 is 1.76 bits per heavy atom. The summed E-state index contributed by atoms with van der Waals surface area (Å²) in [7, 11) is 0. The predicted octanol–water partition coefficient (Wildman–Crippen LogP) is 4.46. The van der Waals surface area contributed by atoms with E-state index in [0.29, 0.717) is 5.69 Å². The standard InChI is InChI=1S/C25H25FN4O3S/c26-18-11-13-20(14-12-18)30-23(32)21(15-17-7-3-1-4-8-17)28-25(30)34-16-22(31)29-24(33)27-19-9-5-2-6-10-19/h1,3-4,7-8,11-15,19H,2,5-6,9-10,16H2,(H2,27,29,31,33)/b21-15+. The summed E-state index contributed by atoms with van der Waals surface area (Å²) in [6, 6.07) is 14.3. The lowest BCUT2D eigenvalue weighted by atomic mass is 9.96. The number of amidine groups is 1. The molecule has 1 heterocycles. The van der Waals surface area contributed by atoms with E-state index in [4.69, 9.17) is 0 Å². The number of thioether (sulfide) groups is 1. The number of hydrogen-bond donors (Lipinski definition) is 2. The molecule has 1 fully saturated rings. The molecule has 0 unspecified atom stereocenters. The fourth-order valence-corrected chi connectivity index (χ4v) is 4.69. The number of rotatable bonds is 5. The Morgan fingerprint density at radius 3 is 2.47 bits per heavy atom. The van der Waals surface area contributed by atoms with Crippen LogP contribution in [0.1, 0.15) is 37.7 Å². The van der Waals surface area contributed by atoms with E-state index in [0.717, 1.165) is 43.0 Å². The summed E-state index contributed by atoms with van der Waals surface area (Å²) in [6.45, 7) is 0. The van der Waals surface area contributed by atoms with E-state index < -0.39 is 17.8 Å². The fourth-order valence-electron chi connectivity index (χ4n) is 3.88. The van der Waals surface area contributed by atoms with Crippen LogP contribution in [0, 0.1) is 5.82 Å². The smallest absolute Gasteiger partial charge is 0.321 e. The highest BCUT2D eigenvalue weighted by Gasteiger charge is 2.32. The quantitative estimate of drug-likeness (QED) is 0.618. The van der Waals surface area contributed by atoms with Gasteiger partial charge < -0.3 is 5.32 Å². The first-order valence-corrected chi connectivity index (χ1v) is 12.2. The fraction of sp³-hybridized carbons (Fsp3) is 0.280. The van der Waals surface area contributed by atoms with E-state index in [2.05, 4.69) is 15.6 Å². The van der Waals surface area contributed by atoms with E-state index in [1.54, 1.807) is 6.08 Å². The topological polar surface area (TPSA) is 90.9 Å². The van der Waals surface area contributed by atoms with Crippen molar-refractivity contribution >= 4 is 46.5 Å². The molecular formula is C25H25FN4O3S. The highest BCUT2D eigenvalue weighted by Crippen LogP contribution is 2.29. The Labute approximate surface area is 201 Å². The number of imide groups is 1. The minimum absolute atomic E-state index is 0.0886. The summed E-state index contributed by atoms with van der Waals surface area (Å²) in [4.78, 5) is 43.4. The Kier molecular flexibility index (Phi) is 7.74. The zero-order chi connectivity index (χ0) is 23.9. The highest BCUT2D eigenvalue weighted by molar-refractivity contribution is 8.14. The van der Waals surface area contributed by atoms with Gasteiger partial charge in [-0.05, 0) is 48.7 Å². The van der Waals surface area contributed by atoms with Crippen molar-refractivity contribution in [2.45, 2.75) is 38.1 Å². The lowest BCUT2D eigenvalue weighted by Gasteiger charge is -2.22. The van der Waals surface area contributed by atoms with Crippen LogP contribution in [-0.2, 0) is 9.59 Å². The molecule has 1 saturated carbocycles. The van der Waals surface area contributed by atoms with Gasteiger partial charge in [0.25, 0.3) is 5.91 Å². The lowest BCUT2D eigenvalue weighted by molar-refractivity contribution is -0.117. The minimum atomic E-state index is -0.512. The molecule has 0 aromatic heterocycles. The number of anilines is 1. The second-order valence-electron chi connectivity index (χ2n) is 8.10. The van der Waals surface area contributed by atoms with Gasteiger partial charge in [-0.15, -0.1) is 0 Å². The molecule has 4 rings (SSSR count). The van der Waals surface area contributed by atoms with Crippen molar-refractivity contribution < 1.29 is 18.8 Å². The van der Waals surface area contributed by atoms with E-state index in [1.807, 2.05) is 30.3 Å². The van der Waals surface area contributed by atoms with E-state index in [-0.39, 0.29) is 28.6 Å². The van der Waals surface area contributed by atoms with Crippen LogP contribution in [0.3, 0.4) is 0 Å². The normalized spacial score (nSPS) is 17.6. The van der Waals surface area contributed by atoms with Crippen LogP contribution >= 0.6 is 11.8 Å². The number of halogens is 1. The lowest BCUT2D eigenvalue weighted by Crippen LogP contribution is -2.45. The van der Waals surface area contributed by atoms with E-state index >= 15 is 0 Å². The molecule has 34 heavy (non-hydrogen) atoms. The van der Waals surface area contributed by atoms with Gasteiger partial charge in [0.2, 0.25) is 5.91 Å². The summed E-state index contributed by atoms with van der Waals surface area (Å²) >= 11 is 1.03. The van der Waals surface area contributed by atoms with Gasteiger partial charge in [0.15, 0.2) is 5.17 Å². The zero-order valence-corrected chi connectivity index (χ0v) is 19.3. The molecule has 1 aliphatic heterocycles. The summed E-state index contributed by atoms with van der Waals surface area (Å²) in [5.41, 5.74) is 1.44. The Bertz CT molecular complexity index is 1110. The molecule has 0 radical (unpaired) electrons. The number of aliphatic imine (C=N–C) groups is 1. The summed E-state index contributed by atoms with van der Waals surface area (Å²) in [5, 5.41) is 5.46. The van der Waals surface area contributed by atoms with E-state index in [9.17, 15) is 18.8 Å². The molecular weight excluding hydrogens is 455 g/mol. The SMILES string of the molecule is O=C(CSC1=N/C(=C/c2ccccc2)C(=O)N1c1ccc(F)cc1)NC(=O)NC1CCCCC1. The van der Waals surface area contributed by atoms with Crippen LogP contribution in [-0.4, -0.2) is 34.8 Å². The molecule has 2 aromatic carbocycles. The van der Waals surface area contributed by atoms with Gasteiger partial charge in [0.05, 0.1) is 11.4 Å². The van der Waals surface area contributed by atoms with Crippen molar-refractivity contribution in [2.24, 2.45) is 4.99 Å². The molecule has 2 aromatic rings. The largest absolute Gasteiger partial charge is 0.335 e. The average Bonchev–Trinajstić information content (AvgIpc) is 3.14. The van der Waals surface area contributed by atoms with Crippen LogP contribution in [0.15, 0.2) is 65.3 Å². The molecule has 176 valence electrons. The summed E-state index contributed by atoms with van der Waals surface area (Å²) in [5.74, 6) is -1.41. The predicted molar refractivity (Wildman–Crippen MR) is 132 cm³/mol. The van der Waals surface area contributed by atoms with Crippen molar-refractivity contribution in [2.75, 3.05) is 10.7 Å².